The highest BCUT2D eigenvalue weighted by Gasteiger charge is 2.17. The molecule has 11 heteroatoms. The first-order valence-corrected chi connectivity index (χ1v) is 9.34. The quantitative estimate of drug-likeness (QED) is 0.312. The summed E-state index contributed by atoms with van der Waals surface area (Å²) in [5.41, 5.74) is 1.12. The fraction of sp³-hybridized carbons (Fsp3) is 0.0476. The molecule has 2 amide bonds. The van der Waals surface area contributed by atoms with Gasteiger partial charge in [-0.15, -0.1) is 0 Å². The van der Waals surface area contributed by atoms with E-state index in [-0.39, 0.29) is 23.0 Å². The number of fused-ring (bicyclic) bond motifs is 1. The van der Waals surface area contributed by atoms with Gasteiger partial charge in [-0.05, 0) is 36.4 Å². The molecule has 2 heterocycles. The van der Waals surface area contributed by atoms with Crippen LogP contribution in [0.15, 0.2) is 60.8 Å². The molecule has 0 saturated heterocycles. The number of nitrogens with one attached hydrogen (secondary N) is 3. The second-order valence-electron chi connectivity index (χ2n) is 6.60. The van der Waals surface area contributed by atoms with Crippen LogP contribution in [-0.4, -0.2) is 39.0 Å². The van der Waals surface area contributed by atoms with E-state index in [0.717, 1.165) is 0 Å². The second-order valence-corrected chi connectivity index (χ2v) is 6.60. The molecule has 11 nitrogen and oxygen atoms in total. The molecule has 0 radical (unpaired) electrons. The maximum absolute atomic E-state index is 12.6. The van der Waals surface area contributed by atoms with Crippen molar-refractivity contribution in [3.63, 3.8) is 0 Å². The molecule has 160 valence electrons. The Kier molecular flexibility index (Phi) is 5.45. The normalized spacial score (nSPS) is 10.5. The Bertz CT molecular complexity index is 1330. The highest BCUT2D eigenvalue weighted by atomic mass is 16.6. The second kappa shape index (κ2) is 8.52. The van der Waals surface area contributed by atoms with Crippen molar-refractivity contribution < 1.29 is 19.2 Å². The van der Waals surface area contributed by atoms with Crippen LogP contribution in [0, 0.1) is 10.1 Å². The third-order valence-corrected chi connectivity index (χ3v) is 4.51. The maximum atomic E-state index is 12.6. The number of rotatable bonds is 6. The average molecular weight is 432 g/mol. The molecule has 4 aromatic rings. The van der Waals surface area contributed by atoms with Crippen LogP contribution < -0.4 is 15.4 Å². The fourth-order valence-corrected chi connectivity index (χ4v) is 2.95. The number of aromatic amines is 1. The Labute approximate surface area is 180 Å². The number of pyridine rings is 1. The lowest BCUT2D eigenvalue weighted by Crippen LogP contribution is -2.18. The van der Waals surface area contributed by atoms with Gasteiger partial charge in [0.05, 0.1) is 10.4 Å². The zero-order valence-corrected chi connectivity index (χ0v) is 16.7. The number of non-ortho nitro benzene ring substituents is 1. The predicted octanol–water partition coefficient (Wildman–Crippen LogP) is 3.27. The summed E-state index contributed by atoms with van der Waals surface area (Å²) in [7, 11) is 1.51. The molecule has 0 fully saturated rings. The van der Waals surface area contributed by atoms with E-state index >= 15 is 0 Å². The van der Waals surface area contributed by atoms with Crippen LogP contribution in [-0.2, 0) is 0 Å². The third kappa shape index (κ3) is 4.21. The van der Waals surface area contributed by atoms with E-state index in [4.69, 9.17) is 4.74 Å². The van der Waals surface area contributed by atoms with Gasteiger partial charge >= 0.3 is 0 Å². The fourth-order valence-electron chi connectivity index (χ4n) is 2.95. The minimum absolute atomic E-state index is 0.0440. The van der Waals surface area contributed by atoms with Crippen LogP contribution in [0.4, 0.5) is 11.4 Å². The number of nitro groups is 1. The lowest BCUT2D eigenvalue weighted by molar-refractivity contribution is -0.384. The standard InChI is InChI=1S/C21H16N6O5/c1-22-20(28)18-11-15(8-9-23-18)32-14-5-2-12(3-6-14)24-21(29)19-16-10-13(27(30)31)4-7-17(16)25-26-19/h2-11H,1H3,(H,22,28)(H,24,29)(H,25,26). The molecule has 0 aliphatic rings. The molecular formula is C21H16N6O5. The first kappa shape index (κ1) is 20.5. The Morgan fingerprint density at radius 1 is 1.03 bits per heavy atom. The van der Waals surface area contributed by atoms with Crippen LogP contribution in [0.1, 0.15) is 21.0 Å². The Balaban J connectivity index is 1.48. The van der Waals surface area contributed by atoms with Gasteiger partial charge in [-0.25, -0.2) is 0 Å². The molecule has 0 atom stereocenters. The molecule has 0 saturated carbocycles. The van der Waals surface area contributed by atoms with E-state index in [0.29, 0.717) is 28.1 Å². The van der Waals surface area contributed by atoms with Crippen molar-refractivity contribution >= 4 is 34.1 Å². The van der Waals surface area contributed by atoms with Crippen molar-refractivity contribution in [2.45, 2.75) is 0 Å². The molecule has 4 rings (SSSR count). The lowest BCUT2D eigenvalue weighted by atomic mass is 10.2. The number of ether oxygens (including phenoxy) is 1. The topological polar surface area (TPSA) is 152 Å². The number of carbonyl (C=O) groups is 2. The van der Waals surface area contributed by atoms with Crippen molar-refractivity contribution in [1.82, 2.24) is 20.5 Å². The molecule has 32 heavy (non-hydrogen) atoms. The summed E-state index contributed by atoms with van der Waals surface area (Å²) in [5, 5.41) is 23.2. The van der Waals surface area contributed by atoms with E-state index < -0.39 is 10.8 Å². The van der Waals surface area contributed by atoms with Crippen molar-refractivity contribution in [3.05, 3.63) is 82.3 Å². The van der Waals surface area contributed by atoms with Crippen molar-refractivity contribution in [2.24, 2.45) is 0 Å². The summed E-state index contributed by atoms with van der Waals surface area (Å²) in [6.45, 7) is 0. The Morgan fingerprint density at radius 3 is 2.53 bits per heavy atom. The number of aromatic nitrogens is 3. The minimum Gasteiger partial charge on any atom is -0.457 e. The Hall–Kier alpha value is -4.80. The summed E-state index contributed by atoms with van der Waals surface area (Å²) in [6, 6.07) is 13.8. The zero-order valence-electron chi connectivity index (χ0n) is 16.7. The molecule has 3 N–H and O–H groups in total. The summed E-state index contributed by atoms with van der Waals surface area (Å²) >= 11 is 0. The van der Waals surface area contributed by atoms with Crippen molar-refractivity contribution in [2.75, 3.05) is 12.4 Å². The summed E-state index contributed by atoms with van der Waals surface area (Å²) < 4.78 is 5.73. The van der Waals surface area contributed by atoms with Crippen LogP contribution in [0.25, 0.3) is 10.9 Å². The Morgan fingerprint density at radius 2 is 1.81 bits per heavy atom. The molecule has 0 spiro atoms. The molecule has 2 aromatic heterocycles. The van der Waals surface area contributed by atoms with Gasteiger partial charge in [0.2, 0.25) is 0 Å². The highest BCUT2D eigenvalue weighted by molar-refractivity contribution is 6.11. The number of carbonyl (C=O) groups excluding carboxylic acids is 2. The van der Waals surface area contributed by atoms with Gasteiger partial charge in [0.25, 0.3) is 17.5 Å². The van der Waals surface area contributed by atoms with Gasteiger partial charge < -0.3 is 15.4 Å². The molecule has 0 unspecified atom stereocenters. The van der Waals surface area contributed by atoms with E-state index in [2.05, 4.69) is 25.8 Å². The van der Waals surface area contributed by atoms with E-state index in [1.165, 1.54) is 37.5 Å². The number of nitrogens with zero attached hydrogens (tertiary/aromatic N) is 3. The number of anilines is 1. The SMILES string of the molecule is CNC(=O)c1cc(Oc2ccc(NC(=O)c3n[nH]c4ccc([N+](=O)[O-])cc34)cc2)ccn1. The maximum Gasteiger partial charge on any atom is 0.276 e. The van der Waals surface area contributed by atoms with Gasteiger partial charge in [0.15, 0.2) is 5.69 Å². The average Bonchev–Trinajstić information content (AvgIpc) is 3.23. The number of nitro benzene ring substituents is 1. The summed E-state index contributed by atoms with van der Waals surface area (Å²) in [6.07, 6.45) is 1.47. The van der Waals surface area contributed by atoms with Gasteiger partial charge in [-0.1, -0.05) is 0 Å². The van der Waals surface area contributed by atoms with E-state index in [9.17, 15) is 19.7 Å². The molecule has 0 bridgehead atoms. The summed E-state index contributed by atoms with van der Waals surface area (Å²) in [5.74, 6) is 0.0670. The van der Waals surface area contributed by atoms with Gasteiger partial charge in [0, 0.05) is 42.5 Å². The predicted molar refractivity (Wildman–Crippen MR) is 115 cm³/mol. The van der Waals surface area contributed by atoms with Crippen LogP contribution >= 0.6 is 0 Å². The highest BCUT2D eigenvalue weighted by Crippen LogP contribution is 2.25. The molecular weight excluding hydrogens is 416 g/mol. The van der Waals surface area contributed by atoms with Crippen molar-refractivity contribution in [1.29, 1.82) is 0 Å². The summed E-state index contributed by atoms with van der Waals surface area (Å²) in [4.78, 5) is 38.8. The van der Waals surface area contributed by atoms with Crippen LogP contribution in [0.3, 0.4) is 0 Å². The first-order valence-electron chi connectivity index (χ1n) is 9.34. The van der Waals surface area contributed by atoms with Gasteiger partial charge in [-0.2, -0.15) is 5.10 Å². The zero-order chi connectivity index (χ0) is 22.7. The smallest absolute Gasteiger partial charge is 0.276 e. The first-order chi connectivity index (χ1) is 15.4. The lowest BCUT2D eigenvalue weighted by Gasteiger charge is -2.08. The molecule has 0 aliphatic heterocycles. The monoisotopic (exact) mass is 432 g/mol. The van der Waals surface area contributed by atoms with Gasteiger partial charge in [-0.3, -0.25) is 29.8 Å². The largest absolute Gasteiger partial charge is 0.457 e. The minimum atomic E-state index is -0.534. The number of benzene rings is 2. The number of amides is 2. The molecule has 2 aromatic carbocycles. The number of H-pyrrole nitrogens is 1. The van der Waals surface area contributed by atoms with E-state index in [1.54, 1.807) is 30.3 Å². The van der Waals surface area contributed by atoms with Crippen LogP contribution in [0.2, 0.25) is 0 Å². The third-order valence-electron chi connectivity index (χ3n) is 4.51. The number of hydrogen-bond donors (Lipinski definition) is 3. The van der Waals surface area contributed by atoms with Crippen LogP contribution in [0.5, 0.6) is 11.5 Å². The van der Waals surface area contributed by atoms with Gasteiger partial charge in [0.1, 0.15) is 17.2 Å². The molecule has 0 aliphatic carbocycles. The van der Waals surface area contributed by atoms with E-state index in [1.807, 2.05) is 0 Å². The van der Waals surface area contributed by atoms with Crippen molar-refractivity contribution in [3.8, 4) is 11.5 Å². The number of hydrogen-bond acceptors (Lipinski definition) is 7.